The largest absolute Gasteiger partial charge is 0.394 e. The van der Waals surface area contributed by atoms with Gasteiger partial charge in [-0.1, -0.05) is 38.5 Å². The summed E-state index contributed by atoms with van der Waals surface area (Å²) in [7, 11) is 0. The van der Waals surface area contributed by atoms with Crippen LogP contribution in [-0.4, -0.2) is 23.7 Å². The normalized spacial score (nSPS) is 16.2. The lowest BCUT2D eigenvalue weighted by molar-refractivity contribution is -0.118. The second-order valence-corrected chi connectivity index (χ2v) is 4.02. The molecule has 0 aromatic rings. The number of aliphatic hydroxyl groups excluding tert-OH is 1. The van der Waals surface area contributed by atoms with Crippen LogP contribution in [0, 0.1) is 5.92 Å². The fourth-order valence-electron chi connectivity index (χ4n) is 1.25. The zero-order valence-corrected chi connectivity index (χ0v) is 10.7. The number of carbonyl (C=O) groups excluding carboxylic acids is 1. The minimum Gasteiger partial charge on any atom is -0.394 e. The molecule has 0 aliphatic carbocycles. The van der Waals surface area contributed by atoms with E-state index in [2.05, 4.69) is 5.32 Å². The molecule has 0 rings (SSSR count). The van der Waals surface area contributed by atoms with Crippen molar-refractivity contribution in [3.63, 3.8) is 0 Å². The van der Waals surface area contributed by atoms with Crippen molar-refractivity contribution in [2.75, 3.05) is 6.61 Å². The van der Waals surface area contributed by atoms with Crippen molar-refractivity contribution in [1.29, 1.82) is 0 Å². The summed E-state index contributed by atoms with van der Waals surface area (Å²) in [6, 6.07) is -0.161. The Balaban J connectivity index is 4.41. The number of rotatable bonds is 6. The predicted molar refractivity (Wildman–Crippen MR) is 67.0 cm³/mol. The Kier molecular flexibility index (Phi) is 7.56. The van der Waals surface area contributed by atoms with Crippen LogP contribution in [0.25, 0.3) is 0 Å². The fourth-order valence-corrected chi connectivity index (χ4v) is 1.25. The van der Waals surface area contributed by atoms with Crippen LogP contribution in [0.15, 0.2) is 23.8 Å². The average molecular weight is 225 g/mol. The molecule has 0 fully saturated rings. The minimum atomic E-state index is -0.161. The van der Waals surface area contributed by atoms with Gasteiger partial charge in [-0.25, -0.2) is 0 Å². The molecule has 0 saturated carbocycles. The van der Waals surface area contributed by atoms with E-state index in [0.29, 0.717) is 5.57 Å². The van der Waals surface area contributed by atoms with E-state index < -0.39 is 0 Å². The van der Waals surface area contributed by atoms with Gasteiger partial charge in [-0.05, 0) is 19.8 Å². The molecule has 0 aromatic heterocycles. The van der Waals surface area contributed by atoms with Crippen LogP contribution in [-0.2, 0) is 4.79 Å². The lowest BCUT2D eigenvalue weighted by atomic mass is 9.99. The van der Waals surface area contributed by atoms with Crippen LogP contribution in [0.1, 0.15) is 34.1 Å². The van der Waals surface area contributed by atoms with Gasteiger partial charge >= 0.3 is 0 Å². The monoisotopic (exact) mass is 225 g/mol. The maximum Gasteiger partial charge on any atom is 0.247 e. The van der Waals surface area contributed by atoms with E-state index >= 15 is 0 Å². The highest BCUT2D eigenvalue weighted by atomic mass is 16.3. The molecular formula is C13H23NO2. The molecular weight excluding hydrogens is 202 g/mol. The summed E-state index contributed by atoms with van der Waals surface area (Å²) in [5, 5.41) is 12.0. The summed E-state index contributed by atoms with van der Waals surface area (Å²) in [6.07, 6.45) is 6.39. The van der Waals surface area contributed by atoms with Gasteiger partial charge in [0.15, 0.2) is 0 Å². The summed E-state index contributed by atoms with van der Waals surface area (Å²) in [4.78, 5) is 11.7. The molecule has 3 heteroatoms. The molecule has 1 amide bonds. The van der Waals surface area contributed by atoms with Crippen LogP contribution in [0.5, 0.6) is 0 Å². The summed E-state index contributed by atoms with van der Waals surface area (Å²) >= 11 is 0. The van der Waals surface area contributed by atoms with Gasteiger partial charge in [0.1, 0.15) is 0 Å². The van der Waals surface area contributed by atoms with Crippen molar-refractivity contribution in [3.8, 4) is 0 Å². The Hall–Kier alpha value is -1.09. The van der Waals surface area contributed by atoms with Crippen LogP contribution < -0.4 is 5.32 Å². The van der Waals surface area contributed by atoms with Gasteiger partial charge in [-0.3, -0.25) is 4.79 Å². The van der Waals surface area contributed by atoms with Crippen molar-refractivity contribution in [1.82, 2.24) is 5.32 Å². The van der Waals surface area contributed by atoms with E-state index in [0.717, 1.165) is 6.42 Å². The third kappa shape index (κ3) is 5.12. The lowest BCUT2D eigenvalue weighted by Crippen LogP contribution is -2.42. The molecule has 0 spiro atoms. The fraction of sp³-hybridized carbons (Fsp3) is 0.615. The molecule has 0 saturated heterocycles. The third-order valence-electron chi connectivity index (χ3n) is 2.74. The number of aliphatic hydroxyl groups is 1. The average Bonchev–Trinajstić information content (AvgIpc) is 2.31. The molecule has 0 unspecified atom stereocenters. The first-order valence-corrected chi connectivity index (χ1v) is 5.78. The SMILES string of the molecule is C/C=C/C=C(\C)C(=O)N[C@H](CO)[C@@H](C)CC. The molecule has 2 N–H and O–H groups in total. The molecule has 16 heavy (non-hydrogen) atoms. The number of hydrogen-bond acceptors (Lipinski definition) is 2. The maximum atomic E-state index is 11.7. The first kappa shape index (κ1) is 14.9. The van der Waals surface area contributed by atoms with Gasteiger partial charge < -0.3 is 10.4 Å². The van der Waals surface area contributed by atoms with Gasteiger partial charge in [0.25, 0.3) is 0 Å². The third-order valence-corrected chi connectivity index (χ3v) is 2.74. The van der Waals surface area contributed by atoms with Gasteiger partial charge in [0.2, 0.25) is 5.91 Å². The highest BCUT2D eigenvalue weighted by Gasteiger charge is 2.17. The molecule has 0 bridgehead atoms. The van der Waals surface area contributed by atoms with Crippen molar-refractivity contribution in [2.45, 2.75) is 40.2 Å². The number of nitrogens with one attached hydrogen (secondary N) is 1. The first-order valence-electron chi connectivity index (χ1n) is 5.78. The minimum absolute atomic E-state index is 0.0162. The van der Waals surface area contributed by atoms with Crippen LogP contribution in [0.4, 0.5) is 0 Å². The van der Waals surface area contributed by atoms with Gasteiger partial charge in [0.05, 0.1) is 12.6 Å². The summed E-state index contributed by atoms with van der Waals surface area (Å²) < 4.78 is 0. The van der Waals surface area contributed by atoms with Gasteiger partial charge in [-0.15, -0.1) is 0 Å². The van der Waals surface area contributed by atoms with E-state index in [1.165, 1.54) is 0 Å². The van der Waals surface area contributed by atoms with Crippen molar-refractivity contribution in [3.05, 3.63) is 23.8 Å². The predicted octanol–water partition coefficient (Wildman–Crippen LogP) is 2.03. The van der Waals surface area contributed by atoms with Crippen molar-refractivity contribution in [2.24, 2.45) is 5.92 Å². The highest BCUT2D eigenvalue weighted by molar-refractivity contribution is 5.93. The molecule has 92 valence electrons. The Morgan fingerprint density at radius 2 is 2.12 bits per heavy atom. The lowest BCUT2D eigenvalue weighted by Gasteiger charge is -2.22. The van der Waals surface area contributed by atoms with E-state index in [-0.39, 0.29) is 24.5 Å². The number of hydrogen-bond donors (Lipinski definition) is 2. The molecule has 0 heterocycles. The summed E-state index contributed by atoms with van der Waals surface area (Å²) in [6.45, 7) is 7.71. The Morgan fingerprint density at radius 3 is 2.56 bits per heavy atom. The number of allylic oxidation sites excluding steroid dienone is 3. The molecule has 3 nitrogen and oxygen atoms in total. The van der Waals surface area contributed by atoms with Crippen molar-refractivity contribution >= 4 is 5.91 Å². The summed E-state index contributed by atoms with van der Waals surface area (Å²) in [5.41, 5.74) is 0.653. The smallest absolute Gasteiger partial charge is 0.247 e. The summed E-state index contributed by atoms with van der Waals surface area (Å²) in [5.74, 6) is 0.168. The number of amides is 1. The standard InChI is InChI=1S/C13H23NO2/c1-5-7-8-11(4)13(16)14-12(9-15)10(3)6-2/h5,7-8,10,12,15H,6,9H2,1-4H3,(H,14,16)/b7-5+,11-8+/t10-,12+/m0/s1. The zero-order chi connectivity index (χ0) is 12.6. The molecule has 0 aliphatic heterocycles. The molecule has 0 aliphatic rings. The van der Waals surface area contributed by atoms with Crippen LogP contribution in [0.3, 0.4) is 0 Å². The Morgan fingerprint density at radius 1 is 1.50 bits per heavy atom. The molecule has 0 aromatic carbocycles. The topological polar surface area (TPSA) is 49.3 Å². The van der Waals surface area contributed by atoms with Crippen LogP contribution in [0.2, 0.25) is 0 Å². The quantitative estimate of drug-likeness (QED) is 0.537. The second-order valence-electron chi connectivity index (χ2n) is 4.02. The number of carbonyl (C=O) groups is 1. The maximum absolute atomic E-state index is 11.7. The van der Waals surface area contributed by atoms with E-state index in [9.17, 15) is 9.90 Å². The van der Waals surface area contributed by atoms with E-state index in [1.54, 1.807) is 13.0 Å². The first-order chi connectivity index (χ1) is 7.56. The van der Waals surface area contributed by atoms with Gasteiger partial charge in [0, 0.05) is 5.57 Å². The van der Waals surface area contributed by atoms with E-state index in [1.807, 2.05) is 32.9 Å². The zero-order valence-electron chi connectivity index (χ0n) is 10.7. The van der Waals surface area contributed by atoms with Crippen molar-refractivity contribution < 1.29 is 9.90 Å². The Labute approximate surface area is 98.2 Å². The van der Waals surface area contributed by atoms with Gasteiger partial charge in [-0.2, -0.15) is 0 Å². The molecule has 2 atom stereocenters. The Bertz CT molecular complexity index is 269. The highest BCUT2D eigenvalue weighted by Crippen LogP contribution is 2.07. The molecule has 0 radical (unpaired) electrons. The second kappa shape index (κ2) is 8.11. The van der Waals surface area contributed by atoms with Crippen LogP contribution >= 0.6 is 0 Å². The van der Waals surface area contributed by atoms with E-state index in [4.69, 9.17) is 0 Å².